The third-order valence-electron chi connectivity index (χ3n) is 2.70. The van der Waals surface area contributed by atoms with E-state index >= 15 is 0 Å². The molecule has 2 aromatic rings. The van der Waals surface area contributed by atoms with Crippen LogP contribution in [0.25, 0.3) is 11.4 Å². The number of aromatic nitrogens is 2. The van der Waals surface area contributed by atoms with Crippen LogP contribution in [0.2, 0.25) is 0 Å². The highest BCUT2D eigenvalue weighted by Gasteiger charge is 2.05. The van der Waals surface area contributed by atoms with Crippen LogP contribution in [0.1, 0.15) is 25.1 Å². The zero-order chi connectivity index (χ0) is 11.4. The first-order valence-corrected chi connectivity index (χ1v) is 5.75. The Morgan fingerprint density at radius 3 is 2.38 bits per heavy atom. The van der Waals surface area contributed by atoms with Gasteiger partial charge in [0, 0.05) is 17.5 Å². The van der Waals surface area contributed by atoms with Crippen LogP contribution in [0.4, 0.5) is 0 Å². The summed E-state index contributed by atoms with van der Waals surface area (Å²) in [6.45, 7) is 4.27. The fraction of sp³-hybridized carbons (Fsp3) is 0.286. The summed E-state index contributed by atoms with van der Waals surface area (Å²) in [5, 5.41) is 0. The van der Waals surface area contributed by atoms with E-state index in [1.165, 1.54) is 5.56 Å². The molecule has 2 heteroatoms. The zero-order valence-electron chi connectivity index (χ0n) is 9.77. The molecule has 2 rings (SSSR count). The largest absolute Gasteiger partial charge is 0.236 e. The van der Waals surface area contributed by atoms with Crippen LogP contribution >= 0.6 is 0 Å². The van der Waals surface area contributed by atoms with Gasteiger partial charge in [0.05, 0.1) is 0 Å². The van der Waals surface area contributed by atoms with Crippen molar-refractivity contribution in [3.63, 3.8) is 0 Å². The number of rotatable bonds is 3. The van der Waals surface area contributed by atoms with Gasteiger partial charge in [0.15, 0.2) is 5.82 Å². The average Bonchev–Trinajstić information content (AvgIpc) is 2.39. The van der Waals surface area contributed by atoms with Gasteiger partial charge >= 0.3 is 0 Å². The summed E-state index contributed by atoms with van der Waals surface area (Å²) in [5.41, 5.74) is 3.50. The molecule has 0 N–H and O–H groups in total. The topological polar surface area (TPSA) is 25.8 Å². The Hall–Kier alpha value is -1.70. The summed E-state index contributed by atoms with van der Waals surface area (Å²) < 4.78 is 0. The van der Waals surface area contributed by atoms with Crippen molar-refractivity contribution >= 4 is 0 Å². The highest BCUT2D eigenvalue weighted by Crippen LogP contribution is 2.16. The van der Waals surface area contributed by atoms with E-state index in [9.17, 15) is 0 Å². The van der Waals surface area contributed by atoms with E-state index in [1.807, 2.05) is 36.5 Å². The van der Waals surface area contributed by atoms with Gasteiger partial charge in [-0.25, -0.2) is 9.97 Å². The predicted molar refractivity (Wildman–Crippen MR) is 66.2 cm³/mol. The molecular formula is C14H16N2. The minimum absolute atomic E-state index is 0.828. The van der Waals surface area contributed by atoms with Gasteiger partial charge in [0.2, 0.25) is 0 Å². The van der Waals surface area contributed by atoms with E-state index in [0.29, 0.717) is 0 Å². The number of aryl methyl sites for hydroxylation is 2. The van der Waals surface area contributed by atoms with Crippen LogP contribution < -0.4 is 0 Å². The van der Waals surface area contributed by atoms with E-state index < -0.39 is 0 Å². The molecule has 0 bridgehead atoms. The third-order valence-corrected chi connectivity index (χ3v) is 2.70. The quantitative estimate of drug-likeness (QED) is 0.780. The van der Waals surface area contributed by atoms with Crippen molar-refractivity contribution in [3.05, 3.63) is 47.8 Å². The maximum Gasteiger partial charge on any atom is 0.159 e. The lowest BCUT2D eigenvalue weighted by Crippen LogP contribution is -1.99. The van der Waals surface area contributed by atoms with Crippen molar-refractivity contribution in [2.75, 3.05) is 0 Å². The van der Waals surface area contributed by atoms with Crippen LogP contribution in [-0.4, -0.2) is 9.97 Å². The Morgan fingerprint density at radius 1 is 1.00 bits per heavy atom. The second-order valence-electron chi connectivity index (χ2n) is 3.74. The molecule has 0 atom stereocenters. The first-order valence-electron chi connectivity index (χ1n) is 5.75. The van der Waals surface area contributed by atoms with Crippen molar-refractivity contribution in [1.82, 2.24) is 9.97 Å². The van der Waals surface area contributed by atoms with Crippen LogP contribution in [0.15, 0.2) is 36.5 Å². The molecule has 2 nitrogen and oxygen atoms in total. The summed E-state index contributed by atoms with van der Waals surface area (Å²) >= 11 is 0. The van der Waals surface area contributed by atoms with Gasteiger partial charge in [-0.3, -0.25) is 0 Å². The molecule has 0 amide bonds. The summed E-state index contributed by atoms with van der Waals surface area (Å²) in [6, 6.07) is 10.1. The molecular weight excluding hydrogens is 196 g/mol. The van der Waals surface area contributed by atoms with Gasteiger partial charge in [-0.05, 0) is 18.4 Å². The number of hydrogen-bond acceptors (Lipinski definition) is 2. The van der Waals surface area contributed by atoms with E-state index in [-0.39, 0.29) is 0 Å². The van der Waals surface area contributed by atoms with Gasteiger partial charge in [-0.15, -0.1) is 0 Å². The van der Waals surface area contributed by atoms with Crippen molar-refractivity contribution in [3.8, 4) is 11.4 Å². The molecule has 0 aliphatic carbocycles. The van der Waals surface area contributed by atoms with Gasteiger partial charge in [-0.2, -0.15) is 0 Å². The predicted octanol–water partition coefficient (Wildman–Crippen LogP) is 3.27. The van der Waals surface area contributed by atoms with Crippen molar-refractivity contribution in [2.24, 2.45) is 0 Å². The molecule has 0 aliphatic rings. The van der Waals surface area contributed by atoms with E-state index in [1.54, 1.807) is 0 Å². The fourth-order valence-electron chi connectivity index (χ4n) is 1.77. The third kappa shape index (κ3) is 2.11. The van der Waals surface area contributed by atoms with Crippen molar-refractivity contribution in [2.45, 2.75) is 26.7 Å². The van der Waals surface area contributed by atoms with Gasteiger partial charge < -0.3 is 0 Å². The zero-order valence-corrected chi connectivity index (χ0v) is 9.77. The van der Waals surface area contributed by atoms with Crippen LogP contribution in [0, 0.1) is 0 Å². The van der Waals surface area contributed by atoms with Gasteiger partial charge in [-0.1, -0.05) is 44.2 Å². The second-order valence-corrected chi connectivity index (χ2v) is 3.74. The Morgan fingerprint density at radius 2 is 1.75 bits per heavy atom. The molecule has 0 saturated heterocycles. The van der Waals surface area contributed by atoms with Crippen LogP contribution in [0.5, 0.6) is 0 Å². The molecule has 0 saturated carbocycles. The SMILES string of the molecule is CCc1cnc(-c2ccccc2)nc1CC. The molecule has 16 heavy (non-hydrogen) atoms. The summed E-state index contributed by atoms with van der Waals surface area (Å²) in [4.78, 5) is 9.04. The summed E-state index contributed by atoms with van der Waals surface area (Å²) in [7, 11) is 0. The molecule has 82 valence electrons. The molecule has 0 fully saturated rings. The Bertz CT molecular complexity index is 463. The van der Waals surface area contributed by atoms with Crippen molar-refractivity contribution < 1.29 is 0 Å². The molecule has 1 aromatic carbocycles. The highest BCUT2D eigenvalue weighted by atomic mass is 14.9. The van der Waals surface area contributed by atoms with E-state index in [0.717, 1.165) is 29.9 Å². The van der Waals surface area contributed by atoms with Crippen molar-refractivity contribution in [1.29, 1.82) is 0 Å². The van der Waals surface area contributed by atoms with Gasteiger partial charge in [0.25, 0.3) is 0 Å². The van der Waals surface area contributed by atoms with E-state index in [4.69, 9.17) is 0 Å². The Labute approximate surface area is 96.4 Å². The van der Waals surface area contributed by atoms with Gasteiger partial charge in [0.1, 0.15) is 0 Å². The maximum absolute atomic E-state index is 4.62. The molecule has 1 heterocycles. The minimum atomic E-state index is 0.828. The number of nitrogens with zero attached hydrogens (tertiary/aromatic N) is 2. The van der Waals surface area contributed by atoms with Crippen LogP contribution in [0.3, 0.4) is 0 Å². The monoisotopic (exact) mass is 212 g/mol. The summed E-state index contributed by atoms with van der Waals surface area (Å²) in [6.07, 6.45) is 3.91. The second kappa shape index (κ2) is 4.88. The lowest BCUT2D eigenvalue weighted by molar-refractivity contribution is 0.935. The first kappa shape index (κ1) is 10.8. The molecule has 0 radical (unpaired) electrons. The standard InChI is InChI=1S/C14H16N2/c1-3-11-10-15-14(16-13(11)4-2)12-8-6-5-7-9-12/h5-10H,3-4H2,1-2H3. The van der Waals surface area contributed by atoms with Crippen LogP contribution in [-0.2, 0) is 12.8 Å². The lowest BCUT2D eigenvalue weighted by atomic mass is 10.1. The average molecular weight is 212 g/mol. The molecule has 1 aromatic heterocycles. The number of benzene rings is 1. The normalized spacial score (nSPS) is 10.4. The fourth-order valence-corrected chi connectivity index (χ4v) is 1.77. The van der Waals surface area contributed by atoms with E-state index in [2.05, 4.69) is 23.8 Å². The Kier molecular flexibility index (Phi) is 3.30. The maximum atomic E-state index is 4.62. The minimum Gasteiger partial charge on any atom is -0.236 e. The smallest absolute Gasteiger partial charge is 0.159 e. The summed E-state index contributed by atoms with van der Waals surface area (Å²) in [5.74, 6) is 0.828. The molecule has 0 aliphatic heterocycles. The first-order chi connectivity index (χ1) is 7.85. The molecule has 0 spiro atoms. The lowest BCUT2D eigenvalue weighted by Gasteiger charge is -2.06. The Balaban J connectivity index is 2.44. The number of hydrogen-bond donors (Lipinski definition) is 0. The molecule has 0 unspecified atom stereocenters. The highest BCUT2D eigenvalue weighted by molar-refractivity contribution is 5.54.